The summed E-state index contributed by atoms with van der Waals surface area (Å²) in [7, 11) is -3.35. The molecule has 22 heavy (non-hydrogen) atoms. The number of anilines is 1. The predicted molar refractivity (Wildman–Crippen MR) is 87.4 cm³/mol. The molecule has 1 heterocycles. The zero-order valence-corrected chi connectivity index (χ0v) is 13.9. The molecule has 0 aromatic heterocycles. The fraction of sp³-hybridized carbons (Fsp3) is 0.533. The summed E-state index contributed by atoms with van der Waals surface area (Å²) in [5, 5.41) is 5.87. The molecule has 0 saturated carbocycles. The average molecular weight is 325 g/mol. The third-order valence-corrected chi connectivity index (χ3v) is 5.43. The molecule has 1 aromatic carbocycles. The van der Waals surface area contributed by atoms with Crippen LogP contribution in [0.3, 0.4) is 0 Å². The van der Waals surface area contributed by atoms with Crippen LogP contribution in [0.1, 0.15) is 17.5 Å². The van der Waals surface area contributed by atoms with Gasteiger partial charge in [-0.1, -0.05) is 6.07 Å². The van der Waals surface area contributed by atoms with Crippen molar-refractivity contribution in [3.63, 3.8) is 0 Å². The van der Waals surface area contributed by atoms with Crippen LogP contribution in [0.25, 0.3) is 0 Å². The third-order valence-electron chi connectivity index (χ3n) is 3.56. The molecular weight excluding hydrogens is 302 g/mol. The summed E-state index contributed by atoms with van der Waals surface area (Å²) < 4.78 is 25.8. The van der Waals surface area contributed by atoms with Crippen LogP contribution in [0.15, 0.2) is 18.2 Å². The molecule has 7 heteroatoms. The summed E-state index contributed by atoms with van der Waals surface area (Å²) >= 11 is 0. The van der Waals surface area contributed by atoms with Crippen molar-refractivity contribution in [1.29, 1.82) is 0 Å². The molecule has 1 aliphatic rings. The monoisotopic (exact) mass is 325 g/mol. The molecule has 0 radical (unpaired) electrons. The Morgan fingerprint density at radius 1 is 1.18 bits per heavy atom. The van der Waals surface area contributed by atoms with Crippen molar-refractivity contribution < 1.29 is 13.2 Å². The molecule has 1 saturated heterocycles. The van der Waals surface area contributed by atoms with Gasteiger partial charge < -0.3 is 10.6 Å². The number of rotatable bonds is 5. The molecule has 1 amide bonds. The SMILES string of the molecule is Cc1cc(C)cc(NC(=O)CCS(=O)(=O)N2CCNCC2)c1. The Morgan fingerprint density at radius 2 is 1.77 bits per heavy atom. The zero-order valence-electron chi connectivity index (χ0n) is 13.1. The highest BCUT2D eigenvalue weighted by Gasteiger charge is 2.24. The maximum Gasteiger partial charge on any atom is 0.225 e. The Balaban J connectivity index is 1.89. The molecule has 122 valence electrons. The van der Waals surface area contributed by atoms with Gasteiger partial charge in [0.1, 0.15) is 0 Å². The number of hydrogen-bond acceptors (Lipinski definition) is 4. The van der Waals surface area contributed by atoms with Gasteiger partial charge in [0, 0.05) is 38.3 Å². The van der Waals surface area contributed by atoms with Gasteiger partial charge in [0.15, 0.2) is 0 Å². The van der Waals surface area contributed by atoms with E-state index in [9.17, 15) is 13.2 Å². The molecule has 1 fully saturated rings. The van der Waals surface area contributed by atoms with Crippen LogP contribution in [0.2, 0.25) is 0 Å². The zero-order chi connectivity index (χ0) is 16.2. The number of amides is 1. The van der Waals surface area contributed by atoms with E-state index in [1.807, 2.05) is 32.0 Å². The normalized spacial score (nSPS) is 16.5. The smallest absolute Gasteiger partial charge is 0.225 e. The fourth-order valence-corrected chi connectivity index (χ4v) is 3.98. The lowest BCUT2D eigenvalue weighted by Gasteiger charge is -2.26. The molecule has 1 aliphatic heterocycles. The average Bonchev–Trinajstić information content (AvgIpc) is 2.45. The van der Waals surface area contributed by atoms with Crippen molar-refractivity contribution >= 4 is 21.6 Å². The molecule has 1 aromatic rings. The second-order valence-electron chi connectivity index (χ2n) is 5.64. The Hall–Kier alpha value is -1.44. The minimum absolute atomic E-state index is 0.0285. The first-order valence-corrected chi connectivity index (χ1v) is 9.04. The Kier molecular flexibility index (Phi) is 5.55. The van der Waals surface area contributed by atoms with Gasteiger partial charge >= 0.3 is 0 Å². The van der Waals surface area contributed by atoms with E-state index in [1.54, 1.807) is 0 Å². The number of aryl methyl sites for hydroxylation is 2. The third kappa shape index (κ3) is 4.79. The minimum atomic E-state index is -3.35. The molecule has 2 rings (SSSR count). The van der Waals surface area contributed by atoms with Crippen LogP contribution in [-0.4, -0.2) is 50.6 Å². The lowest BCUT2D eigenvalue weighted by Crippen LogP contribution is -2.47. The van der Waals surface area contributed by atoms with E-state index in [0.29, 0.717) is 31.9 Å². The van der Waals surface area contributed by atoms with Crippen molar-refractivity contribution in [2.24, 2.45) is 0 Å². The van der Waals surface area contributed by atoms with Crippen molar-refractivity contribution in [1.82, 2.24) is 9.62 Å². The van der Waals surface area contributed by atoms with Crippen molar-refractivity contribution in [2.75, 3.05) is 37.2 Å². The first-order chi connectivity index (χ1) is 10.4. The minimum Gasteiger partial charge on any atom is -0.326 e. The number of nitrogens with zero attached hydrogens (tertiary/aromatic N) is 1. The molecule has 6 nitrogen and oxygen atoms in total. The van der Waals surface area contributed by atoms with Gasteiger partial charge in [-0.25, -0.2) is 8.42 Å². The van der Waals surface area contributed by atoms with Gasteiger partial charge in [-0.3, -0.25) is 4.79 Å². The number of benzene rings is 1. The van der Waals surface area contributed by atoms with Crippen molar-refractivity contribution in [2.45, 2.75) is 20.3 Å². The number of piperazine rings is 1. The summed E-state index contributed by atoms with van der Waals surface area (Å²) in [6.07, 6.45) is -0.0285. The van der Waals surface area contributed by atoms with Gasteiger partial charge in [0.25, 0.3) is 0 Å². The Morgan fingerprint density at radius 3 is 2.36 bits per heavy atom. The summed E-state index contributed by atoms with van der Waals surface area (Å²) in [4.78, 5) is 12.0. The standard InChI is InChI=1S/C15H23N3O3S/c1-12-9-13(2)11-14(10-12)17-15(19)3-8-22(20,21)18-6-4-16-5-7-18/h9-11,16H,3-8H2,1-2H3,(H,17,19). The lowest BCUT2D eigenvalue weighted by atomic mass is 10.1. The van der Waals surface area contributed by atoms with Crippen LogP contribution >= 0.6 is 0 Å². The molecular formula is C15H23N3O3S. The Labute approximate surface area is 131 Å². The highest BCUT2D eigenvalue weighted by atomic mass is 32.2. The topological polar surface area (TPSA) is 78.5 Å². The van der Waals surface area contributed by atoms with E-state index < -0.39 is 10.0 Å². The van der Waals surface area contributed by atoms with Gasteiger partial charge in [-0.2, -0.15) is 4.31 Å². The number of carbonyl (C=O) groups is 1. The molecule has 0 spiro atoms. The molecule has 0 aliphatic carbocycles. The van der Waals surface area contributed by atoms with E-state index in [4.69, 9.17) is 0 Å². The second kappa shape index (κ2) is 7.21. The van der Waals surface area contributed by atoms with Crippen LogP contribution in [0, 0.1) is 13.8 Å². The summed E-state index contributed by atoms with van der Waals surface area (Å²) in [6, 6.07) is 5.76. The molecule has 0 bridgehead atoms. The first kappa shape index (κ1) is 16.9. The van der Waals surface area contributed by atoms with Gasteiger partial charge in [0.05, 0.1) is 5.75 Å². The largest absolute Gasteiger partial charge is 0.326 e. The van der Waals surface area contributed by atoms with Crippen molar-refractivity contribution in [3.8, 4) is 0 Å². The highest BCUT2D eigenvalue weighted by molar-refractivity contribution is 7.89. The van der Waals surface area contributed by atoms with Crippen LogP contribution in [-0.2, 0) is 14.8 Å². The number of hydrogen-bond donors (Lipinski definition) is 2. The van der Waals surface area contributed by atoms with Crippen LogP contribution < -0.4 is 10.6 Å². The van der Waals surface area contributed by atoms with E-state index in [1.165, 1.54) is 4.31 Å². The number of carbonyl (C=O) groups excluding carboxylic acids is 1. The Bertz CT molecular complexity index is 617. The van der Waals surface area contributed by atoms with Gasteiger partial charge in [-0.15, -0.1) is 0 Å². The van der Waals surface area contributed by atoms with Crippen LogP contribution in [0.5, 0.6) is 0 Å². The van der Waals surface area contributed by atoms with E-state index in [-0.39, 0.29) is 18.1 Å². The lowest BCUT2D eigenvalue weighted by molar-refractivity contribution is -0.115. The summed E-state index contributed by atoms with van der Waals surface area (Å²) in [5.41, 5.74) is 2.83. The fourth-order valence-electron chi connectivity index (χ4n) is 2.54. The molecule has 0 atom stereocenters. The number of nitrogens with one attached hydrogen (secondary N) is 2. The van der Waals surface area contributed by atoms with E-state index >= 15 is 0 Å². The van der Waals surface area contributed by atoms with Gasteiger partial charge in [0.2, 0.25) is 15.9 Å². The molecule has 2 N–H and O–H groups in total. The highest BCUT2D eigenvalue weighted by Crippen LogP contribution is 2.14. The summed E-state index contributed by atoms with van der Waals surface area (Å²) in [6.45, 7) is 6.18. The summed E-state index contributed by atoms with van der Waals surface area (Å²) in [5.74, 6) is -0.424. The predicted octanol–water partition coefficient (Wildman–Crippen LogP) is 0.867. The van der Waals surface area contributed by atoms with E-state index in [2.05, 4.69) is 10.6 Å². The second-order valence-corrected chi connectivity index (χ2v) is 7.73. The first-order valence-electron chi connectivity index (χ1n) is 7.43. The molecule has 0 unspecified atom stereocenters. The quantitative estimate of drug-likeness (QED) is 0.842. The van der Waals surface area contributed by atoms with Crippen molar-refractivity contribution in [3.05, 3.63) is 29.3 Å². The van der Waals surface area contributed by atoms with E-state index in [0.717, 1.165) is 11.1 Å². The van der Waals surface area contributed by atoms with Crippen LogP contribution in [0.4, 0.5) is 5.69 Å². The maximum absolute atomic E-state index is 12.2. The number of sulfonamides is 1. The van der Waals surface area contributed by atoms with Gasteiger partial charge in [-0.05, 0) is 37.1 Å². The maximum atomic E-state index is 12.2.